The lowest BCUT2D eigenvalue weighted by atomic mass is 10.2. The molecule has 0 fully saturated rings. The first kappa shape index (κ1) is 18.3. The average molecular weight is 365 g/mol. The van der Waals surface area contributed by atoms with Gasteiger partial charge in [-0.2, -0.15) is 0 Å². The molecule has 24 heavy (non-hydrogen) atoms. The Bertz CT molecular complexity index is 720. The minimum Gasteiger partial charge on any atom is -0.329 e. The van der Waals surface area contributed by atoms with Crippen LogP contribution in [0.4, 0.5) is 5.69 Å². The third kappa shape index (κ3) is 4.98. The smallest absolute Gasteiger partial charge is 0.254 e. The van der Waals surface area contributed by atoms with Crippen LogP contribution >= 0.6 is 23.2 Å². The van der Waals surface area contributed by atoms with Crippen molar-refractivity contribution in [2.24, 2.45) is 0 Å². The first-order valence-electron chi connectivity index (χ1n) is 7.60. The number of hydrogen-bond acceptors (Lipinski definition) is 2. The summed E-state index contributed by atoms with van der Waals surface area (Å²) >= 11 is 12.0. The third-order valence-corrected chi connectivity index (χ3v) is 3.90. The molecule has 2 rings (SSSR count). The normalized spacial score (nSPS) is 10.3. The molecule has 6 heteroatoms. The first-order chi connectivity index (χ1) is 11.5. The second-order valence-electron chi connectivity index (χ2n) is 5.27. The van der Waals surface area contributed by atoms with E-state index in [0.717, 1.165) is 6.42 Å². The molecule has 0 aromatic heterocycles. The van der Waals surface area contributed by atoms with Crippen molar-refractivity contribution in [2.45, 2.75) is 13.3 Å². The van der Waals surface area contributed by atoms with E-state index in [-0.39, 0.29) is 18.4 Å². The van der Waals surface area contributed by atoms with Gasteiger partial charge in [0.1, 0.15) is 6.54 Å². The van der Waals surface area contributed by atoms with Crippen LogP contribution < -0.4 is 5.32 Å². The van der Waals surface area contributed by atoms with Crippen LogP contribution in [-0.2, 0) is 4.79 Å². The van der Waals surface area contributed by atoms with Crippen LogP contribution in [0.5, 0.6) is 0 Å². The molecule has 0 heterocycles. The van der Waals surface area contributed by atoms with E-state index in [4.69, 9.17) is 23.2 Å². The lowest BCUT2D eigenvalue weighted by Crippen LogP contribution is -2.38. The summed E-state index contributed by atoms with van der Waals surface area (Å²) in [7, 11) is 0. The van der Waals surface area contributed by atoms with Crippen LogP contribution in [-0.4, -0.2) is 29.8 Å². The maximum atomic E-state index is 12.5. The van der Waals surface area contributed by atoms with Gasteiger partial charge in [-0.1, -0.05) is 48.3 Å². The van der Waals surface area contributed by atoms with Crippen LogP contribution in [0.1, 0.15) is 23.7 Å². The van der Waals surface area contributed by atoms with Gasteiger partial charge in [0.05, 0.1) is 10.7 Å². The highest BCUT2D eigenvalue weighted by Gasteiger charge is 2.18. The molecule has 4 nitrogen and oxygen atoms in total. The van der Waals surface area contributed by atoms with E-state index >= 15 is 0 Å². The van der Waals surface area contributed by atoms with Crippen LogP contribution in [0, 0.1) is 0 Å². The van der Waals surface area contributed by atoms with Crippen molar-refractivity contribution in [3.63, 3.8) is 0 Å². The topological polar surface area (TPSA) is 49.4 Å². The number of hydrogen-bond donors (Lipinski definition) is 1. The van der Waals surface area contributed by atoms with Crippen LogP contribution in [0.25, 0.3) is 0 Å². The summed E-state index contributed by atoms with van der Waals surface area (Å²) in [5.41, 5.74) is 0.984. The van der Waals surface area contributed by atoms with E-state index in [9.17, 15) is 9.59 Å². The number of carbonyl (C=O) groups excluding carboxylic acids is 2. The number of nitrogens with one attached hydrogen (secondary N) is 1. The number of anilines is 1. The molecule has 0 bridgehead atoms. The van der Waals surface area contributed by atoms with Gasteiger partial charge in [-0.05, 0) is 36.8 Å². The largest absolute Gasteiger partial charge is 0.329 e. The van der Waals surface area contributed by atoms with Gasteiger partial charge in [-0.15, -0.1) is 0 Å². The Morgan fingerprint density at radius 2 is 1.79 bits per heavy atom. The molecule has 126 valence electrons. The molecular formula is C18H18Cl2N2O2. The van der Waals surface area contributed by atoms with Gasteiger partial charge in [0, 0.05) is 17.1 Å². The summed E-state index contributed by atoms with van der Waals surface area (Å²) in [4.78, 5) is 26.3. The molecule has 0 aliphatic heterocycles. The predicted octanol–water partition coefficient (Wildman–Crippen LogP) is 4.48. The van der Waals surface area contributed by atoms with E-state index in [1.165, 1.54) is 4.90 Å². The van der Waals surface area contributed by atoms with Crippen molar-refractivity contribution in [1.29, 1.82) is 0 Å². The predicted molar refractivity (Wildman–Crippen MR) is 97.7 cm³/mol. The molecule has 0 aliphatic rings. The number of halogens is 2. The van der Waals surface area contributed by atoms with Crippen molar-refractivity contribution in [3.8, 4) is 0 Å². The summed E-state index contributed by atoms with van der Waals surface area (Å²) in [6.07, 6.45) is 0.754. The van der Waals surface area contributed by atoms with Gasteiger partial charge < -0.3 is 10.2 Å². The highest BCUT2D eigenvalue weighted by atomic mass is 35.5. The molecule has 2 aromatic carbocycles. The van der Waals surface area contributed by atoms with Crippen molar-refractivity contribution < 1.29 is 9.59 Å². The third-order valence-electron chi connectivity index (χ3n) is 3.34. The molecule has 0 spiro atoms. The molecule has 0 saturated carbocycles. The van der Waals surface area contributed by atoms with Gasteiger partial charge in [0.15, 0.2) is 0 Å². The van der Waals surface area contributed by atoms with Gasteiger partial charge in [-0.25, -0.2) is 0 Å². The molecule has 0 unspecified atom stereocenters. The molecular weight excluding hydrogens is 347 g/mol. The maximum Gasteiger partial charge on any atom is 0.254 e. The minimum absolute atomic E-state index is 0.0512. The second-order valence-corrected chi connectivity index (χ2v) is 6.11. The van der Waals surface area contributed by atoms with E-state index in [1.807, 2.05) is 13.0 Å². The summed E-state index contributed by atoms with van der Waals surface area (Å²) in [5, 5.41) is 3.56. The summed E-state index contributed by atoms with van der Waals surface area (Å²) in [5.74, 6) is -0.498. The summed E-state index contributed by atoms with van der Waals surface area (Å²) < 4.78 is 0. The Morgan fingerprint density at radius 3 is 2.46 bits per heavy atom. The van der Waals surface area contributed by atoms with Gasteiger partial charge in [-0.3, -0.25) is 9.59 Å². The average Bonchev–Trinajstić information content (AvgIpc) is 2.58. The molecule has 2 aromatic rings. The number of amides is 2. The molecule has 0 aliphatic carbocycles. The zero-order valence-corrected chi connectivity index (χ0v) is 14.8. The fraction of sp³-hybridized carbons (Fsp3) is 0.222. The Kier molecular flexibility index (Phi) is 6.64. The van der Waals surface area contributed by atoms with Crippen molar-refractivity contribution in [3.05, 3.63) is 64.1 Å². The van der Waals surface area contributed by atoms with Crippen molar-refractivity contribution >= 4 is 40.7 Å². The SMILES string of the molecule is CCCN(CC(=O)Nc1cc(Cl)ccc1Cl)C(=O)c1ccccc1. The number of carbonyl (C=O) groups is 2. The Labute approximate surface area is 151 Å². The molecule has 2 amide bonds. The quantitative estimate of drug-likeness (QED) is 0.820. The van der Waals surface area contributed by atoms with E-state index in [1.54, 1.807) is 42.5 Å². The number of benzene rings is 2. The van der Waals surface area contributed by atoms with Crippen LogP contribution in [0.2, 0.25) is 10.0 Å². The zero-order valence-electron chi connectivity index (χ0n) is 13.3. The lowest BCUT2D eigenvalue weighted by Gasteiger charge is -2.22. The van der Waals surface area contributed by atoms with Crippen LogP contribution in [0.15, 0.2) is 48.5 Å². The van der Waals surface area contributed by atoms with Crippen molar-refractivity contribution in [1.82, 2.24) is 4.90 Å². The fourth-order valence-electron chi connectivity index (χ4n) is 2.24. The summed E-state index contributed by atoms with van der Waals surface area (Å²) in [6.45, 7) is 2.39. The van der Waals surface area contributed by atoms with Gasteiger partial charge in [0.25, 0.3) is 5.91 Å². The summed E-state index contributed by atoms with van der Waals surface area (Å²) in [6, 6.07) is 13.7. The molecule has 1 N–H and O–H groups in total. The minimum atomic E-state index is -0.322. The first-order valence-corrected chi connectivity index (χ1v) is 8.36. The lowest BCUT2D eigenvalue weighted by molar-refractivity contribution is -0.116. The molecule has 0 saturated heterocycles. The Balaban J connectivity index is 2.08. The van der Waals surface area contributed by atoms with Gasteiger partial charge >= 0.3 is 0 Å². The Hall–Kier alpha value is -2.04. The van der Waals surface area contributed by atoms with Crippen molar-refractivity contribution in [2.75, 3.05) is 18.4 Å². The fourth-order valence-corrected chi connectivity index (χ4v) is 2.58. The number of rotatable bonds is 6. The maximum absolute atomic E-state index is 12.5. The van der Waals surface area contributed by atoms with E-state index in [0.29, 0.717) is 27.8 Å². The number of nitrogens with zero attached hydrogens (tertiary/aromatic N) is 1. The van der Waals surface area contributed by atoms with Crippen LogP contribution in [0.3, 0.4) is 0 Å². The Morgan fingerprint density at radius 1 is 1.08 bits per heavy atom. The van der Waals surface area contributed by atoms with E-state index < -0.39 is 0 Å². The molecule has 0 atom stereocenters. The zero-order chi connectivity index (χ0) is 17.5. The van der Waals surface area contributed by atoms with Gasteiger partial charge in [0.2, 0.25) is 5.91 Å². The highest BCUT2D eigenvalue weighted by Crippen LogP contribution is 2.25. The standard InChI is InChI=1S/C18H18Cl2N2O2/c1-2-10-22(18(24)13-6-4-3-5-7-13)12-17(23)21-16-11-14(19)8-9-15(16)20/h3-9,11H,2,10,12H2,1H3,(H,21,23). The highest BCUT2D eigenvalue weighted by molar-refractivity contribution is 6.35. The molecule has 0 radical (unpaired) electrons. The van der Waals surface area contributed by atoms with E-state index in [2.05, 4.69) is 5.32 Å². The monoisotopic (exact) mass is 364 g/mol. The second kappa shape index (κ2) is 8.71.